The summed E-state index contributed by atoms with van der Waals surface area (Å²) in [5.41, 5.74) is -0.0719. The Bertz CT molecular complexity index is 809. The van der Waals surface area contributed by atoms with Crippen molar-refractivity contribution >= 4 is 23.7 Å². The average Bonchev–Trinajstić information content (AvgIpc) is 3.57. The van der Waals surface area contributed by atoms with E-state index in [1.807, 2.05) is 0 Å². The number of urea groups is 1. The van der Waals surface area contributed by atoms with Crippen LogP contribution in [0.15, 0.2) is 5.16 Å². The van der Waals surface area contributed by atoms with Crippen LogP contribution < -0.4 is 10.6 Å². The zero-order valence-electron chi connectivity index (χ0n) is 16.7. The lowest BCUT2D eigenvalue weighted by Crippen LogP contribution is -2.61. The smallest absolute Gasteiger partial charge is 0.321 e. The number of nitrogens with zero attached hydrogens (tertiary/aromatic N) is 3. The molecule has 0 aliphatic heterocycles. The minimum Gasteiger partial charge on any atom is -0.332 e. The molecule has 8 heteroatoms. The number of carbonyl (C=O) groups is 2. The number of hydrogen-bond acceptors (Lipinski definition) is 5. The Morgan fingerprint density at radius 1 is 1.00 bits per heavy atom. The van der Waals surface area contributed by atoms with Crippen LogP contribution in [0.5, 0.6) is 0 Å². The van der Waals surface area contributed by atoms with Crippen molar-refractivity contribution in [2.24, 2.45) is 17.8 Å². The Hall–Kier alpha value is -1.57. The number of imide groups is 1. The number of hydrogen-bond donors (Lipinski definition) is 2. The second-order valence-electron chi connectivity index (χ2n) is 10.2. The van der Waals surface area contributed by atoms with Gasteiger partial charge in [0.1, 0.15) is 5.82 Å². The largest absolute Gasteiger partial charge is 0.332 e. The Kier molecular flexibility index (Phi) is 4.22. The maximum absolute atomic E-state index is 12.6. The Morgan fingerprint density at radius 2 is 1.66 bits per heavy atom. The summed E-state index contributed by atoms with van der Waals surface area (Å²) in [4.78, 5) is 25.0. The number of rotatable bonds is 6. The molecule has 7 rings (SSSR count). The molecule has 29 heavy (non-hydrogen) atoms. The Morgan fingerprint density at radius 3 is 2.24 bits per heavy atom. The fourth-order valence-electron chi connectivity index (χ4n) is 6.51. The molecule has 6 aliphatic carbocycles. The lowest BCUT2D eigenvalue weighted by Gasteiger charge is -2.56. The van der Waals surface area contributed by atoms with Crippen molar-refractivity contribution < 1.29 is 9.59 Å². The van der Waals surface area contributed by atoms with Crippen LogP contribution in [-0.2, 0) is 4.79 Å². The summed E-state index contributed by atoms with van der Waals surface area (Å²) in [5.74, 6) is 3.89. The average molecular weight is 416 g/mol. The van der Waals surface area contributed by atoms with Crippen molar-refractivity contribution in [1.82, 2.24) is 25.4 Å². The van der Waals surface area contributed by atoms with Crippen molar-refractivity contribution in [3.05, 3.63) is 5.82 Å². The zero-order chi connectivity index (χ0) is 19.6. The van der Waals surface area contributed by atoms with Crippen LogP contribution in [0.3, 0.4) is 0 Å². The first-order valence-corrected chi connectivity index (χ1v) is 12.2. The molecule has 0 aromatic carbocycles. The van der Waals surface area contributed by atoms with Crippen molar-refractivity contribution in [1.29, 1.82) is 0 Å². The predicted molar refractivity (Wildman–Crippen MR) is 109 cm³/mol. The quantitative estimate of drug-likeness (QED) is 0.696. The minimum absolute atomic E-state index is 0.0719. The molecule has 0 spiro atoms. The van der Waals surface area contributed by atoms with Crippen molar-refractivity contribution in [2.45, 2.75) is 86.9 Å². The molecule has 156 valence electrons. The maximum Gasteiger partial charge on any atom is 0.321 e. The van der Waals surface area contributed by atoms with Gasteiger partial charge in [-0.3, -0.25) is 10.1 Å². The summed E-state index contributed by atoms with van der Waals surface area (Å²) >= 11 is 1.40. The lowest BCUT2D eigenvalue weighted by atomic mass is 9.53. The van der Waals surface area contributed by atoms with E-state index in [-0.39, 0.29) is 23.2 Å². The molecule has 4 bridgehead atoms. The van der Waals surface area contributed by atoms with E-state index in [4.69, 9.17) is 0 Å². The standard InChI is InChI=1S/C21H29N5O2S/c27-17(11-29-20-25-24-18(15-1-2-15)26(20)16-3-4-16)22-19(28)23-21-8-12-5-13(9-21)7-14(6-12)10-21/h12-16H,1-11H2,(H2,22,23,27,28). The fraction of sp³-hybridized carbons (Fsp3) is 0.810. The van der Waals surface area contributed by atoms with Gasteiger partial charge in [-0.15, -0.1) is 10.2 Å². The van der Waals surface area contributed by atoms with E-state index in [9.17, 15) is 9.59 Å². The van der Waals surface area contributed by atoms with Crippen molar-refractivity contribution in [3.8, 4) is 0 Å². The molecule has 0 unspecified atom stereocenters. The zero-order valence-corrected chi connectivity index (χ0v) is 17.5. The number of amides is 3. The molecule has 1 aromatic rings. The molecule has 0 atom stereocenters. The molecule has 2 N–H and O–H groups in total. The normalized spacial score (nSPS) is 35.0. The van der Waals surface area contributed by atoms with Crippen LogP contribution in [0.2, 0.25) is 0 Å². The number of nitrogens with one attached hydrogen (secondary N) is 2. The number of carbonyl (C=O) groups excluding carboxylic acids is 2. The van der Waals surface area contributed by atoms with Crippen LogP contribution in [0, 0.1) is 17.8 Å². The monoisotopic (exact) mass is 415 g/mol. The van der Waals surface area contributed by atoms with Crippen LogP contribution in [-0.4, -0.2) is 38.0 Å². The summed E-state index contributed by atoms with van der Waals surface area (Å²) in [7, 11) is 0. The Balaban J connectivity index is 1.04. The first-order valence-electron chi connectivity index (χ1n) is 11.3. The molecule has 6 aliphatic rings. The predicted octanol–water partition coefficient (Wildman–Crippen LogP) is 3.38. The second-order valence-corrected chi connectivity index (χ2v) is 11.1. The van der Waals surface area contributed by atoms with Crippen LogP contribution in [0.25, 0.3) is 0 Å². The van der Waals surface area contributed by atoms with Crippen molar-refractivity contribution in [2.75, 3.05) is 5.75 Å². The van der Waals surface area contributed by atoms with Gasteiger partial charge in [-0.25, -0.2) is 4.79 Å². The molecule has 3 amide bonds. The van der Waals surface area contributed by atoms with Gasteiger partial charge in [-0.2, -0.15) is 0 Å². The Labute approximate surface area is 175 Å². The number of thioether (sulfide) groups is 1. The third-order valence-corrected chi connectivity index (χ3v) is 8.49. The molecule has 1 heterocycles. The summed E-state index contributed by atoms with van der Waals surface area (Å²) in [6.45, 7) is 0. The summed E-state index contributed by atoms with van der Waals surface area (Å²) < 4.78 is 2.24. The highest BCUT2D eigenvalue weighted by Crippen LogP contribution is 2.55. The second kappa shape index (κ2) is 6.72. The molecule has 6 fully saturated rings. The number of aromatic nitrogens is 3. The van der Waals surface area contributed by atoms with E-state index in [0.29, 0.717) is 12.0 Å². The third kappa shape index (κ3) is 3.57. The first kappa shape index (κ1) is 18.2. The van der Waals surface area contributed by atoms with E-state index < -0.39 is 0 Å². The molecule has 7 nitrogen and oxygen atoms in total. The maximum atomic E-state index is 12.6. The van der Waals surface area contributed by atoms with Gasteiger partial charge in [-0.1, -0.05) is 11.8 Å². The summed E-state index contributed by atoms with van der Waals surface area (Å²) in [5, 5.41) is 15.3. The molecule has 6 saturated carbocycles. The molecule has 1 aromatic heterocycles. The molecular formula is C21H29N5O2S. The van der Waals surface area contributed by atoms with E-state index in [1.54, 1.807) is 0 Å². The van der Waals surface area contributed by atoms with Crippen LogP contribution >= 0.6 is 11.8 Å². The summed E-state index contributed by atoms with van der Waals surface area (Å²) in [6, 6.07) is 0.186. The van der Waals surface area contributed by atoms with E-state index in [2.05, 4.69) is 25.4 Å². The van der Waals surface area contributed by atoms with Gasteiger partial charge >= 0.3 is 6.03 Å². The van der Waals surface area contributed by atoms with Gasteiger partial charge in [0.15, 0.2) is 5.16 Å². The highest BCUT2D eigenvalue weighted by atomic mass is 32.2. The third-order valence-electron chi connectivity index (χ3n) is 7.55. The molecule has 0 radical (unpaired) electrons. The van der Waals surface area contributed by atoms with E-state index in [1.165, 1.54) is 56.7 Å². The van der Waals surface area contributed by atoms with Gasteiger partial charge in [0, 0.05) is 17.5 Å². The van der Waals surface area contributed by atoms with Crippen LogP contribution in [0.4, 0.5) is 4.79 Å². The van der Waals surface area contributed by atoms with Crippen molar-refractivity contribution in [3.63, 3.8) is 0 Å². The van der Waals surface area contributed by atoms with Gasteiger partial charge in [0.05, 0.1) is 5.75 Å². The highest BCUT2D eigenvalue weighted by Gasteiger charge is 2.51. The fourth-order valence-corrected chi connectivity index (χ4v) is 7.32. The highest BCUT2D eigenvalue weighted by molar-refractivity contribution is 7.99. The molecular weight excluding hydrogens is 386 g/mol. The first-order chi connectivity index (χ1) is 14.1. The molecule has 0 saturated heterocycles. The topological polar surface area (TPSA) is 88.9 Å². The van der Waals surface area contributed by atoms with Gasteiger partial charge in [0.25, 0.3) is 0 Å². The van der Waals surface area contributed by atoms with Gasteiger partial charge in [0.2, 0.25) is 5.91 Å². The van der Waals surface area contributed by atoms with Gasteiger partial charge < -0.3 is 9.88 Å². The van der Waals surface area contributed by atoms with E-state index in [0.717, 1.165) is 48.0 Å². The van der Waals surface area contributed by atoms with Crippen LogP contribution in [0.1, 0.15) is 82.0 Å². The van der Waals surface area contributed by atoms with E-state index >= 15 is 0 Å². The van der Waals surface area contributed by atoms with Gasteiger partial charge in [-0.05, 0) is 82.0 Å². The summed E-state index contributed by atoms with van der Waals surface area (Å²) in [6.07, 6.45) is 12.0. The SMILES string of the molecule is O=C(CSc1nnc(C2CC2)n1C1CC1)NC(=O)NC12CC3CC(CC(C3)C1)C2. The minimum atomic E-state index is -0.320. The lowest BCUT2D eigenvalue weighted by molar-refractivity contribution is -0.117.